The minimum Gasteiger partial charge on any atom is -0.486 e. The zero-order valence-electron chi connectivity index (χ0n) is 9.87. The molecule has 0 aliphatic carbocycles. The Balaban J connectivity index is 1.85. The third kappa shape index (κ3) is 2.61. The molecule has 0 fully saturated rings. The van der Waals surface area contributed by atoms with Gasteiger partial charge in [-0.3, -0.25) is 0 Å². The molecule has 1 aromatic heterocycles. The smallest absolute Gasteiger partial charge is 0.193 e. The molecule has 0 saturated heterocycles. The second-order valence-electron chi connectivity index (χ2n) is 3.74. The number of aromatic nitrogens is 2. The van der Waals surface area contributed by atoms with Gasteiger partial charge in [0.25, 0.3) is 0 Å². The van der Waals surface area contributed by atoms with Crippen molar-refractivity contribution >= 4 is 11.8 Å². The van der Waals surface area contributed by atoms with E-state index in [1.54, 1.807) is 12.3 Å². The maximum atomic E-state index is 8.80. The van der Waals surface area contributed by atoms with Gasteiger partial charge in [-0.1, -0.05) is 0 Å². The van der Waals surface area contributed by atoms with E-state index in [9.17, 15) is 0 Å². The SMILES string of the molecule is N#Cc1ccnc(Sc2ccc3c(c2)OCCO3)n1. The highest BCUT2D eigenvalue weighted by Crippen LogP contribution is 2.35. The largest absolute Gasteiger partial charge is 0.486 e. The average Bonchev–Trinajstić information content (AvgIpc) is 2.47. The van der Waals surface area contributed by atoms with Crippen LogP contribution in [0.2, 0.25) is 0 Å². The third-order valence-electron chi connectivity index (χ3n) is 2.47. The molecular formula is C13H9N3O2S. The van der Waals surface area contributed by atoms with Gasteiger partial charge >= 0.3 is 0 Å². The fraction of sp³-hybridized carbons (Fsp3) is 0.154. The summed E-state index contributed by atoms with van der Waals surface area (Å²) in [6.07, 6.45) is 1.58. The minimum atomic E-state index is 0.357. The van der Waals surface area contributed by atoms with Crippen LogP contribution in [0.3, 0.4) is 0 Å². The maximum Gasteiger partial charge on any atom is 0.193 e. The summed E-state index contributed by atoms with van der Waals surface area (Å²) in [6, 6.07) is 9.24. The molecule has 0 spiro atoms. The van der Waals surface area contributed by atoms with Crippen LogP contribution in [0.4, 0.5) is 0 Å². The van der Waals surface area contributed by atoms with Gasteiger partial charge in [0.2, 0.25) is 0 Å². The molecule has 0 amide bonds. The Morgan fingerprint density at radius 1 is 1.16 bits per heavy atom. The first-order valence-corrected chi connectivity index (χ1v) is 6.47. The Labute approximate surface area is 114 Å². The molecule has 1 aliphatic rings. The van der Waals surface area contributed by atoms with E-state index in [0.29, 0.717) is 24.1 Å². The number of rotatable bonds is 2. The van der Waals surface area contributed by atoms with E-state index in [0.717, 1.165) is 16.4 Å². The molecular weight excluding hydrogens is 262 g/mol. The molecule has 0 atom stereocenters. The lowest BCUT2D eigenvalue weighted by Crippen LogP contribution is -2.15. The molecule has 5 nitrogen and oxygen atoms in total. The molecule has 1 aliphatic heterocycles. The normalized spacial score (nSPS) is 12.8. The van der Waals surface area contributed by atoms with Crippen molar-refractivity contribution in [3.63, 3.8) is 0 Å². The highest BCUT2D eigenvalue weighted by molar-refractivity contribution is 7.99. The number of benzene rings is 1. The van der Waals surface area contributed by atoms with Crippen LogP contribution in [0, 0.1) is 11.3 Å². The highest BCUT2D eigenvalue weighted by atomic mass is 32.2. The van der Waals surface area contributed by atoms with Gasteiger partial charge in [-0.2, -0.15) is 5.26 Å². The van der Waals surface area contributed by atoms with Gasteiger partial charge in [-0.15, -0.1) is 0 Å². The second kappa shape index (κ2) is 5.16. The van der Waals surface area contributed by atoms with E-state index < -0.39 is 0 Å². The molecule has 0 radical (unpaired) electrons. The molecule has 19 heavy (non-hydrogen) atoms. The van der Waals surface area contributed by atoms with Crippen molar-refractivity contribution in [1.29, 1.82) is 5.26 Å². The van der Waals surface area contributed by atoms with Gasteiger partial charge in [0.1, 0.15) is 25.0 Å². The van der Waals surface area contributed by atoms with Crippen molar-refractivity contribution in [3.8, 4) is 17.6 Å². The van der Waals surface area contributed by atoms with Gasteiger partial charge in [0.05, 0.1) is 0 Å². The van der Waals surface area contributed by atoms with Crippen molar-refractivity contribution < 1.29 is 9.47 Å². The molecule has 2 heterocycles. The molecule has 3 rings (SSSR count). The number of hydrogen-bond acceptors (Lipinski definition) is 6. The summed E-state index contributed by atoms with van der Waals surface area (Å²) < 4.78 is 11.0. The number of fused-ring (bicyclic) bond motifs is 1. The van der Waals surface area contributed by atoms with Gasteiger partial charge < -0.3 is 9.47 Å². The zero-order chi connectivity index (χ0) is 13.1. The van der Waals surface area contributed by atoms with Crippen LogP contribution in [0.25, 0.3) is 0 Å². The van der Waals surface area contributed by atoms with Gasteiger partial charge in [0, 0.05) is 11.1 Å². The Bertz CT molecular complexity index is 655. The van der Waals surface area contributed by atoms with Crippen molar-refractivity contribution in [3.05, 3.63) is 36.2 Å². The Kier molecular flexibility index (Phi) is 3.21. The van der Waals surface area contributed by atoms with Crippen LogP contribution in [-0.2, 0) is 0 Å². The quantitative estimate of drug-likeness (QED) is 0.780. The maximum absolute atomic E-state index is 8.80. The van der Waals surface area contributed by atoms with Crippen molar-refractivity contribution in [2.24, 2.45) is 0 Å². The van der Waals surface area contributed by atoms with Crippen LogP contribution in [0.15, 0.2) is 40.5 Å². The predicted octanol–water partition coefficient (Wildman–Crippen LogP) is 2.27. The average molecular weight is 271 g/mol. The summed E-state index contributed by atoms with van der Waals surface area (Å²) >= 11 is 1.38. The second-order valence-corrected chi connectivity index (χ2v) is 4.78. The summed E-state index contributed by atoms with van der Waals surface area (Å²) in [4.78, 5) is 9.18. The predicted molar refractivity (Wildman–Crippen MR) is 68.3 cm³/mol. The van der Waals surface area contributed by atoms with Crippen LogP contribution in [0.5, 0.6) is 11.5 Å². The Morgan fingerprint density at radius 2 is 2.00 bits per heavy atom. The van der Waals surface area contributed by atoms with Crippen LogP contribution in [0.1, 0.15) is 5.69 Å². The molecule has 0 bridgehead atoms. The Morgan fingerprint density at radius 3 is 2.84 bits per heavy atom. The molecule has 1 aromatic carbocycles. The van der Waals surface area contributed by atoms with Crippen LogP contribution in [-0.4, -0.2) is 23.2 Å². The first-order chi connectivity index (χ1) is 9.35. The van der Waals surface area contributed by atoms with E-state index in [1.165, 1.54) is 11.8 Å². The summed E-state index contributed by atoms with van der Waals surface area (Å²) in [5.74, 6) is 1.48. The zero-order valence-corrected chi connectivity index (χ0v) is 10.7. The first-order valence-electron chi connectivity index (χ1n) is 5.66. The molecule has 0 saturated carbocycles. The standard InChI is InChI=1S/C13H9N3O2S/c14-8-9-3-4-15-13(16-9)19-10-1-2-11-12(7-10)18-6-5-17-11/h1-4,7H,5-6H2. The van der Waals surface area contributed by atoms with Crippen molar-refractivity contribution in [1.82, 2.24) is 9.97 Å². The fourth-order valence-electron chi connectivity index (χ4n) is 1.64. The lowest BCUT2D eigenvalue weighted by molar-refractivity contribution is 0.171. The summed E-state index contributed by atoms with van der Waals surface area (Å²) in [7, 11) is 0. The molecule has 0 N–H and O–H groups in total. The van der Waals surface area contributed by atoms with Crippen LogP contribution < -0.4 is 9.47 Å². The van der Waals surface area contributed by atoms with Crippen molar-refractivity contribution in [2.75, 3.05) is 13.2 Å². The summed E-state index contributed by atoms with van der Waals surface area (Å²) in [5, 5.41) is 9.34. The van der Waals surface area contributed by atoms with Gasteiger partial charge in [-0.25, -0.2) is 9.97 Å². The molecule has 94 valence electrons. The first kappa shape index (κ1) is 11.8. The minimum absolute atomic E-state index is 0.357. The topological polar surface area (TPSA) is 68.0 Å². The number of nitrogens with zero attached hydrogens (tertiary/aromatic N) is 3. The third-order valence-corrected chi connectivity index (χ3v) is 3.34. The van der Waals surface area contributed by atoms with E-state index in [-0.39, 0.29) is 0 Å². The number of ether oxygens (including phenoxy) is 2. The van der Waals surface area contributed by atoms with Gasteiger partial charge in [-0.05, 0) is 36.0 Å². The monoisotopic (exact) mass is 271 g/mol. The van der Waals surface area contributed by atoms with E-state index in [1.807, 2.05) is 24.3 Å². The lowest BCUT2D eigenvalue weighted by atomic mass is 10.3. The van der Waals surface area contributed by atoms with Crippen molar-refractivity contribution in [2.45, 2.75) is 10.1 Å². The highest BCUT2D eigenvalue weighted by Gasteiger charge is 2.12. The number of hydrogen-bond donors (Lipinski definition) is 0. The molecule has 0 unspecified atom stereocenters. The summed E-state index contributed by atoms with van der Waals surface area (Å²) in [5.41, 5.74) is 0.357. The van der Waals surface area contributed by atoms with E-state index in [4.69, 9.17) is 14.7 Å². The van der Waals surface area contributed by atoms with E-state index >= 15 is 0 Å². The molecule has 6 heteroatoms. The lowest BCUT2D eigenvalue weighted by Gasteiger charge is -2.18. The summed E-state index contributed by atoms with van der Waals surface area (Å²) in [6.45, 7) is 1.13. The fourth-order valence-corrected chi connectivity index (χ4v) is 2.42. The van der Waals surface area contributed by atoms with Crippen LogP contribution >= 0.6 is 11.8 Å². The number of nitriles is 1. The Hall–Kier alpha value is -2.26. The molecule has 2 aromatic rings. The van der Waals surface area contributed by atoms with E-state index in [2.05, 4.69) is 9.97 Å². The van der Waals surface area contributed by atoms with Gasteiger partial charge in [0.15, 0.2) is 16.7 Å².